The largest absolute Gasteiger partial charge is 0.479 e. The van der Waals surface area contributed by atoms with Gasteiger partial charge in [0, 0.05) is 0 Å². The first-order valence-electron chi connectivity index (χ1n) is 7.79. The van der Waals surface area contributed by atoms with Crippen LogP contribution < -0.4 is 0 Å². The van der Waals surface area contributed by atoms with E-state index in [0.29, 0.717) is 0 Å². The van der Waals surface area contributed by atoms with Crippen molar-refractivity contribution < 1.29 is 90.0 Å². The first-order valence-corrected chi connectivity index (χ1v) is 10.7. The summed E-state index contributed by atoms with van der Waals surface area (Å²) in [7, 11) is -13.1. The molecular weight excluding hydrogens is 526 g/mol. The number of aliphatic carboxylic acids is 2. The Morgan fingerprint density at radius 3 is 1.32 bits per heavy atom. The summed E-state index contributed by atoms with van der Waals surface area (Å²) in [5, 5.41) is 60.7. The highest BCUT2D eigenvalue weighted by atomic mass is 32.3. The van der Waals surface area contributed by atoms with E-state index in [9.17, 15) is 60.1 Å². The lowest BCUT2D eigenvalue weighted by Gasteiger charge is -2.25. The maximum absolute atomic E-state index is 12.2. The number of aliphatic hydroxyl groups is 4. The summed E-state index contributed by atoms with van der Waals surface area (Å²) in [5.74, 6) is -14.3. The van der Waals surface area contributed by atoms with E-state index in [2.05, 4.69) is 9.47 Å². The van der Waals surface area contributed by atoms with Gasteiger partial charge in [0.25, 0.3) is 20.2 Å². The molecule has 0 aliphatic carbocycles. The highest BCUT2D eigenvalue weighted by molar-refractivity contribution is 8.06. The number of ether oxygens (including phenoxy) is 2. The lowest BCUT2D eigenvalue weighted by molar-refractivity contribution is -0.176. The summed E-state index contributed by atoms with van der Waals surface area (Å²) < 4.78 is 67.9. The van der Waals surface area contributed by atoms with Crippen molar-refractivity contribution in [2.45, 2.75) is 34.9 Å². The van der Waals surface area contributed by atoms with Crippen molar-refractivity contribution in [1.29, 1.82) is 5.41 Å². The van der Waals surface area contributed by atoms with Gasteiger partial charge in [-0.15, -0.1) is 0 Å². The number of rotatable bonds is 11. The third-order valence-corrected chi connectivity index (χ3v) is 7.09. The third kappa shape index (κ3) is 6.70. The molecule has 0 aromatic heterocycles. The summed E-state index contributed by atoms with van der Waals surface area (Å²) in [6.45, 7) is 0. The van der Waals surface area contributed by atoms with Gasteiger partial charge in [0.05, 0.1) is 6.42 Å². The summed E-state index contributed by atoms with van der Waals surface area (Å²) in [6, 6.07) is 0. The molecule has 0 spiro atoms. The zero-order valence-corrected chi connectivity index (χ0v) is 17.5. The first-order chi connectivity index (χ1) is 15.1. The maximum atomic E-state index is 12.2. The van der Waals surface area contributed by atoms with Crippen LogP contribution in [-0.4, -0.2) is 121 Å². The van der Waals surface area contributed by atoms with E-state index in [0.717, 1.165) is 0 Å². The third-order valence-electron chi connectivity index (χ3n) is 3.54. The lowest BCUT2D eigenvalue weighted by atomic mass is 10.2. The Hall–Kier alpha value is -3.12. The number of hydrogen-bond acceptors (Lipinski definition) is 16. The Balaban J connectivity index is 6.23. The summed E-state index contributed by atoms with van der Waals surface area (Å²) in [4.78, 5) is 56.2. The molecule has 0 aliphatic rings. The van der Waals surface area contributed by atoms with Gasteiger partial charge in [-0.05, 0) is 0 Å². The molecule has 0 fully saturated rings. The number of carbonyl (C=O) groups excluding carboxylic acids is 3. The summed E-state index contributed by atoms with van der Waals surface area (Å²) >= 11 is 0. The van der Waals surface area contributed by atoms with Crippen LogP contribution in [0.3, 0.4) is 0 Å². The Morgan fingerprint density at radius 1 is 0.706 bits per heavy atom. The molecule has 22 heteroatoms. The number of esters is 3. The fourth-order valence-electron chi connectivity index (χ4n) is 1.78. The average Bonchev–Trinajstić information content (AvgIpc) is 2.66. The minimum atomic E-state index is -6.54. The van der Waals surface area contributed by atoms with Gasteiger partial charge in [0.1, 0.15) is 0 Å². The van der Waals surface area contributed by atoms with Gasteiger partial charge in [-0.1, -0.05) is 0 Å². The molecule has 0 amide bonds. The molecule has 194 valence electrons. The molecule has 34 heavy (non-hydrogen) atoms. The molecule has 0 radical (unpaired) electrons. The van der Waals surface area contributed by atoms with Crippen LogP contribution in [0.15, 0.2) is 0 Å². The van der Waals surface area contributed by atoms with E-state index in [1.807, 2.05) is 0 Å². The van der Waals surface area contributed by atoms with Gasteiger partial charge in [-0.25, -0.2) is 24.0 Å². The number of aliphatic hydroxyl groups excluding tert-OH is 4. The lowest BCUT2D eigenvalue weighted by Crippen LogP contribution is -2.56. The SMILES string of the molecule is N=C(CC(C(=O)OC(=O)C(O)C(O)C(=O)O)(S(=O)(=O)O)S(=O)(=O)O)OC(=O)C(O)C(O)C(=O)O. The Morgan fingerprint density at radius 2 is 1.03 bits per heavy atom. The zero-order valence-electron chi connectivity index (χ0n) is 15.9. The molecule has 4 atom stereocenters. The van der Waals surface area contributed by atoms with Crippen molar-refractivity contribution in [2.24, 2.45) is 0 Å². The average molecular weight is 541 g/mol. The van der Waals surface area contributed by atoms with Crippen LogP contribution in [-0.2, 0) is 53.7 Å². The minimum absolute atomic E-state index is 2.03. The molecule has 0 saturated carbocycles. The van der Waals surface area contributed by atoms with Crippen molar-refractivity contribution in [2.75, 3.05) is 0 Å². The molecule has 0 rings (SSSR count). The Labute approximate surface area is 186 Å². The van der Waals surface area contributed by atoms with Crippen molar-refractivity contribution in [3.05, 3.63) is 0 Å². The molecular formula is C12H15NO19S2. The number of carboxylic acids is 2. The van der Waals surface area contributed by atoms with Gasteiger partial charge in [0.2, 0.25) is 0 Å². The van der Waals surface area contributed by atoms with Crippen LogP contribution in [0, 0.1) is 5.41 Å². The quantitative estimate of drug-likeness (QED) is 0.0386. The topological polar surface area (TPSA) is 358 Å². The molecule has 4 unspecified atom stereocenters. The predicted octanol–water partition coefficient (Wildman–Crippen LogP) is -5.95. The molecule has 9 N–H and O–H groups in total. The smallest absolute Gasteiger partial charge is 0.356 e. The second-order valence-electron chi connectivity index (χ2n) is 5.89. The second-order valence-corrected chi connectivity index (χ2v) is 9.44. The normalized spacial score (nSPS) is 15.8. The molecule has 0 aromatic rings. The number of hydrogen-bond donors (Lipinski definition) is 9. The monoisotopic (exact) mass is 541 g/mol. The predicted molar refractivity (Wildman–Crippen MR) is 94.7 cm³/mol. The van der Waals surface area contributed by atoms with Crippen LogP contribution in [0.5, 0.6) is 0 Å². The number of carbonyl (C=O) groups is 5. The van der Waals surface area contributed by atoms with Crippen LogP contribution >= 0.6 is 0 Å². The van der Waals surface area contributed by atoms with Crippen LogP contribution in [0.1, 0.15) is 6.42 Å². The summed E-state index contributed by atoms with van der Waals surface area (Å²) in [5.41, 5.74) is 0. The van der Waals surface area contributed by atoms with Gasteiger partial charge in [-0.3, -0.25) is 14.5 Å². The minimum Gasteiger partial charge on any atom is -0.479 e. The van der Waals surface area contributed by atoms with Crippen LogP contribution in [0.25, 0.3) is 0 Å². The van der Waals surface area contributed by atoms with E-state index >= 15 is 0 Å². The fourth-order valence-corrected chi connectivity index (χ4v) is 3.98. The molecule has 0 bridgehead atoms. The molecule has 0 aromatic carbocycles. The first kappa shape index (κ1) is 30.9. The molecule has 0 heterocycles. The highest BCUT2D eigenvalue weighted by Crippen LogP contribution is 2.30. The van der Waals surface area contributed by atoms with E-state index in [1.165, 1.54) is 0 Å². The van der Waals surface area contributed by atoms with E-state index in [4.69, 9.17) is 25.8 Å². The van der Waals surface area contributed by atoms with Crippen LogP contribution in [0.4, 0.5) is 0 Å². The van der Waals surface area contributed by atoms with Gasteiger partial charge in [-0.2, -0.15) is 16.8 Å². The highest BCUT2D eigenvalue weighted by Gasteiger charge is 2.65. The summed E-state index contributed by atoms with van der Waals surface area (Å²) in [6.07, 6.45) is -14.4. The number of nitrogens with one attached hydrogen (secondary N) is 1. The standard InChI is InChI=1S/C12H15NO19S2/c13-2(31-9(22)5(16)3(14)7(18)19)1-12(33(25,26)27,34(28,29)30)11(24)32-10(23)6(17)4(15)8(20)21/h3-6,13-17H,1H2,(H,18,19)(H,20,21)(H,25,26,27)(H,28,29,30). The van der Waals surface area contributed by atoms with Gasteiger partial charge < -0.3 is 40.1 Å². The fraction of sp³-hybridized carbons (Fsp3) is 0.500. The van der Waals surface area contributed by atoms with E-state index < -0.39 is 90.9 Å². The number of carboxylic acid groups (broad SMARTS) is 2. The Bertz CT molecular complexity index is 1060. The van der Waals surface area contributed by atoms with Crippen LogP contribution in [0.2, 0.25) is 0 Å². The zero-order chi connectivity index (χ0) is 27.4. The van der Waals surface area contributed by atoms with Crippen molar-refractivity contribution >= 4 is 56.0 Å². The van der Waals surface area contributed by atoms with Gasteiger partial charge in [0.15, 0.2) is 30.3 Å². The molecule has 0 saturated heterocycles. The Kier molecular flexibility index (Phi) is 9.87. The molecule has 0 aliphatic heterocycles. The van der Waals surface area contributed by atoms with Gasteiger partial charge >= 0.3 is 33.9 Å². The van der Waals surface area contributed by atoms with Crippen molar-refractivity contribution in [3.8, 4) is 0 Å². The van der Waals surface area contributed by atoms with Crippen molar-refractivity contribution in [1.82, 2.24) is 0 Å². The van der Waals surface area contributed by atoms with E-state index in [1.54, 1.807) is 0 Å². The van der Waals surface area contributed by atoms with E-state index in [-0.39, 0.29) is 0 Å². The second kappa shape index (κ2) is 10.9. The van der Waals surface area contributed by atoms with Crippen molar-refractivity contribution in [3.63, 3.8) is 0 Å². The molecule has 20 nitrogen and oxygen atoms in total. The maximum Gasteiger partial charge on any atom is 0.356 e.